The molecule has 8 heteroatoms. The summed E-state index contributed by atoms with van der Waals surface area (Å²) >= 11 is 3.26. The Labute approximate surface area is 131 Å². The first-order valence-electron chi connectivity index (χ1n) is 5.98. The van der Waals surface area contributed by atoms with Gasteiger partial charge in [0, 0.05) is 16.4 Å². The van der Waals surface area contributed by atoms with Gasteiger partial charge in [-0.15, -0.1) is 0 Å². The summed E-state index contributed by atoms with van der Waals surface area (Å²) < 4.78 is 25.6. The fraction of sp³-hybridized carbons (Fsp3) is 0.154. The van der Waals surface area contributed by atoms with E-state index < -0.39 is 10.0 Å². The highest BCUT2D eigenvalue weighted by atomic mass is 79.9. The van der Waals surface area contributed by atoms with E-state index in [9.17, 15) is 13.2 Å². The van der Waals surface area contributed by atoms with Crippen molar-refractivity contribution in [3.05, 3.63) is 46.2 Å². The zero-order chi connectivity index (χ0) is 15.6. The average Bonchev–Trinajstić information content (AvgIpc) is 2.78. The zero-order valence-electron chi connectivity index (χ0n) is 11.4. The molecule has 21 heavy (non-hydrogen) atoms. The summed E-state index contributed by atoms with van der Waals surface area (Å²) in [6.45, 7) is 1.76. The number of H-pyrrole nitrogens is 1. The Morgan fingerprint density at radius 1 is 1.29 bits per heavy atom. The predicted molar refractivity (Wildman–Crippen MR) is 86.1 cm³/mol. The van der Waals surface area contributed by atoms with E-state index in [-0.39, 0.29) is 5.91 Å². The molecule has 0 saturated heterocycles. The van der Waals surface area contributed by atoms with Gasteiger partial charge in [-0.25, -0.2) is 8.42 Å². The zero-order valence-corrected chi connectivity index (χ0v) is 13.8. The molecule has 1 amide bonds. The Bertz CT molecular complexity index is 784. The minimum atomic E-state index is -3.32. The smallest absolute Gasteiger partial charge is 0.272 e. The molecule has 0 spiro atoms. The lowest BCUT2D eigenvalue weighted by Gasteiger charge is -2.10. The normalized spacial score (nSPS) is 11.2. The van der Waals surface area contributed by atoms with E-state index in [0.29, 0.717) is 22.6 Å². The SMILES string of the molecule is Cc1cc(NC(=O)c2cc(Br)c[nH]2)ccc1NS(C)(=O)=O. The highest BCUT2D eigenvalue weighted by molar-refractivity contribution is 9.10. The molecule has 0 aliphatic rings. The molecule has 0 radical (unpaired) electrons. The van der Waals surface area contributed by atoms with Crippen molar-refractivity contribution in [3.63, 3.8) is 0 Å². The number of amides is 1. The van der Waals surface area contributed by atoms with E-state index in [1.165, 1.54) is 0 Å². The maximum Gasteiger partial charge on any atom is 0.272 e. The molecular weight excluding hydrogens is 358 g/mol. The Hall–Kier alpha value is -1.80. The van der Waals surface area contributed by atoms with Crippen molar-refractivity contribution in [1.82, 2.24) is 4.98 Å². The Morgan fingerprint density at radius 3 is 2.52 bits per heavy atom. The molecule has 2 aromatic rings. The summed E-state index contributed by atoms with van der Waals surface area (Å²) in [6.07, 6.45) is 2.75. The van der Waals surface area contributed by atoms with Crippen LogP contribution in [0.4, 0.5) is 11.4 Å². The standard InChI is InChI=1S/C13H14BrN3O3S/c1-8-5-10(3-4-11(8)17-21(2,19)20)16-13(18)12-6-9(14)7-15-12/h3-7,15,17H,1-2H3,(H,16,18). The van der Waals surface area contributed by atoms with Gasteiger partial charge in [0.05, 0.1) is 11.9 Å². The number of nitrogens with one attached hydrogen (secondary N) is 3. The van der Waals surface area contributed by atoms with Crippen LogP contribution in [0.25, 0.3) is 0 Å². The van der Waals surface area contributed by atoms with Crippen molar-refractivity contribution in [2.75, 3.05) is 16.3 Å². The van der Waals surface area contributed by atoms with Crippen LogP contribution in [0.2, 0.25) is 0 Å². The van der Waals surface area contributed by atoms with Crippen molar-refractivity contribution < 1.29 is 13.2 Å². The number of carbonyl (C=O) groups is 1. The molecule has 0 aliphatic heterocycles. The van der Waals surface area contributed by atoms with Crippen molar-refractivity contribution in [2.24, 2.45) is 0 Å². The molecule has 0 fully saturated rings. The average molecular weight is 372 g/mol. The second-order valence-corrected chi connectivity index (χ2v) is 7.25. The summed E-state index contributed by atoms with van der Waals surface area (Å²) in [7, 11) is -3.32. The van der Waals surface area contributed by atoms with E-state index in [1.54, 1.807) is 37.4 Å². The molecule has 0 unspecified atom stereocenters. The van der Waals surface area contributed by atoms with Crippen LogP contribution in [0.3, 0.4) is 0 Å². The number of benzene rings is 1. The van der Waals surface area contributed by atoms with Crippen LogP contribution in [0.1, 0.15) is 16.1 Å². The molecule has 2 rings (SSSR count). The Balaban J connectivity index is 2.15. The number of carbonyl (C=O) groups excluding carboxylic acids is 1. The number of hydrogen-bond donors (Lipinski definition) is 3. The second kappa shape index (κ2) is 5.90. The van der Waals surface area contributed by atoms with Crippen molar-refractivity contribution in [2.45, 2.75) is 6.92 Å². The summed E-state index contributed by atoms with van der Waals surface area (Å²) in [6, 6.07) is 6.61. The first-order chi connectivity index (χ1) is 9.74. The molecule has 3 N–H and O–H groups in total. The lowest BCUT2D eigenvalue weighted by molar-refractivity contribution is 0.102. The topological polar surface area (TPSA) is 91.1 Å². The first-order valence-corrected chi connectivity index (χ1v) is 8.67. The number of aryl methyl sites for hydroxylation is 1. The Kier molecular flexibility index (Phi) is 4.38. The third kappa shape index (κ3) is 4.33. The van der Waals surface area contributed by atoms with Gasteiger partial charge in [-0.2, -0.15) is 0 Å². The summed E-state index contributed by atoms with van der Waals surface area (Å²) in [5, 5.41) is 2.73. The van der Waals surface area contributed by atoms with Crippen molar-refractivity contribution >= 4 is 43.2 Å². The summed E-state index contributed by atoms with van der Waals surface area (Å²) in [5.41, 5.74) is 2.21. The fourth-order valence-electron chi connectivity index (χ4n) is 1.75. The van der Waals surface area contributed by atoms with Crippen molar-refractivity contribution in [3.8, 4) is 0 Å². The maximum absolute atomic E-state index is 12.0. The molecule has 112 valence electrons. The first kappa shape index (κ1) is 15.6. The van der Waals surface area contributed by atoms with Gasteiger partial charge in [-0.1, -0.05) is 0 Å². The van der Waals surface area contributed by atoms with Crippen LogP contribution in [-0.2, 0) is 10.0 Å². The number of hydrogen-bond acceptors (Lipinski definition) is 3. The van der Waals surface area contributed by atoms with Gasteiger partial charge < -0.3 is 10.3 Å². The third-order valence-corrected chi connectivity index (χ3v) is 3.72. The third-order valence-electron chi connectivity index (χ3n) is 2.67. The van der Waals surface area contributed by atoms with E-state index >= 15 is 0 Å². The van der Waals surface area contributed by atoms with Crippen LogP contribution in [0.15, 0.2) is 34.9 Å². The number of halogens is 1. The lowest BCUT2D eigenvalue weighted by Crippen LogP contribution is -2.13. The fourth-order valence-corrected chi connectivity index (χ4v) is 2.72. The van der Waals surface area contributed by atoms with Gasteiger partial charge in [-0.3, -0.25) is 9.52 Å². The van der Waals surface area contributed by atoms with Gasteiger partial charge in [0.1, 0.15) is 5.69 Å². The lowest BCUT2D eigenvalue weighted by atomic mass is 10.2. The van der Waals surface area contributed by atoms with Crippen LogP contribution in [-0.4, -0.2) is 25.6 Å². The van der Waals surface area contributed by atoms with Crippen LogP contribution in [0, 0.1) is 6.92 Å². The second-order valence-electron chi connectivity index (χ2n) is 4.59. The molecular formula is C13H14BrN3O3S. The van der Waals surface area contributed by atoms with E-state index in [1.807, 2.05) is 0 Å². The van der Waals surface area contributed by atoms with Crippen LogP contribution in [0.5, 0.6) is 0 Å². The molecule has 1 heterocycles. The molecule has 0 saturated carbocycles. The molecule has 0 bridgehead atoms. The van der Waals surface area contributed by atoms with Crippen LogP contribution < -0.4 is 10.0 Å². The van der Waals surface area contributed by atoms with Gasteiger partial charge in [-0.05, 0) is 52.7 Å². The molecule has 0 aliphatic carbocycles. The summed E-state index contributed by atoms with van der Waals surface area (Å²) in [5.74, 6) is -0.274. The number of aromatic nitrogens is 1. The predicted octanol–water partition coefficient (Wildman–Crippen LogP) is 2.71. The molecule has 1 aromatic carbocycles. The summed E-state index contributed by atoms with van der Waals surface area (Å²) in [4.78, 5) is 14.8. The quantitative estimate of drug-likeness (QED) is 0.771. The number of sulfonamides is 1. The Morgan fingerprint density at radius 2 is 2.00 bits per heavy atom. The molecule has 1 aromatic heterocycles. The minimum absolute atomic E-state index is 0.274. The van der Waals surface area contributed by atoms with E-state index in [2.05, 4.69) is 31.0 Å². The van der Waals surface area contributed by atoms with Crippen molar-refractivity contribution in [1.29, 1.82) is 0 Å². The van der Waals surface area contributed by atoms with Gasteiger partial charge >= 0.3 is 0 Å². The van der Waals surface area contributed by atoms with Gasteiger partial charge in [0.25, 0.3) is 5.91 Å². The number of aromatic amines is 1. The van der Waals surface area contributed by atoms with E-state index in [4.69, 9.17) is 0 Å². The molecule has 6 nitrogen and oxygen atoms in total. The maximum atomic E-state index is 12.0. The number of anilines is 2. The largest absolute Gasteiger partial charge is 0.356 e. The number of rotatable bonds is 4. The minimum Gasteiger partial charge on any atom is -0.356 e. The van der Waals surface area contributed by atoms with Gasteiger partial charge in [0.15, 0.2) is 0 Å². The van der Waals surface area contributed by atoms with Crippen LogP contribution >= 0.6 is 15.9 Å². The molecule has 0 atom stereocenters. The monoisotopic (exact) mass is 371 g/mol. The van der Waals surface area contributed by atoms with Gasteiger partial charge in [0.2, 0.25) is 10.0 Å². The highest BCUT2D eigenvalue weighted by Gasteiger charge is 2.10. The van der Waals surface area contributed by atoms with E-state index in [0.717, 1.165) is 10.7 Å². The highest BCUT2D eigenvalue weighted by Crippen LogP contribution is 2.21.